The van der Waals surface area contributed by atoms with Crippen molar-refractivity contribution >= 4 is 29.1 Å². The van der Waals surface area contributed by atoms with Crippen LogP contribution in [0.5, 0.6) is 0 Å². The van der Waals surface area contributed by atoms with Gasteiger partial charge in [-0.05, 0) is 12.1 Å². The minimum Gasteiger partial charge on any atom is -0.286 e. The molecule has 0 aliphatic carbocycles. The second-order valence-corrected chi connectivity index (χ2v) is 3.24. The lowest BCUT2D eigenvalue weighted by Crippen LogP contribution is -2.23. The van der Waals surface area contributed by atoms with Gasteiger partial charge in [0.1, 0.15) is 0 Å². The predicted octanol–water partition coefficient (Wildman–Crippen LogP) is 2.45. The Bertz CT molecular complexity index is 319. The van der Waals surface area contributed by atoms with Gasteiger partial charge in [0.2, 0.25) is 0 Å². The van der Waals surface area contributed by atoms with Crippen molar-refractivity contribution in [2.24, 2.45) is 0 Å². The van der Waals surface area contributed by atoms with Gasteiger partial charge in [-0.3, -0.25) is 10.0 Å². The highest BCUT2D eigenvalue weighted by Crippen LogP contribution is 2.24. The molecule has 1 N–H and O–H groups in total. The molecule has 0 radical (unpaired) electrons. The molecule has 0 saturated carbocycles. The van der Waals surface area contributed by atoms with Crippen LogP contribution in [0.1, 0.15) is 10.4 Å². The highest BCUT2D eigenvalue weighted by atomic mass is 35.5. The standard InChI is InChI=1S/C8H7Cl2NO2/c1-11(13)8(12)7-5(9)3-2-4-6(7)10/h2-4,13H,1H3. The molecule has 0 unspecified atom stereocenters. The van der Waals surface area contributed by atoms with Gasteiger partial charge in [0.25, 0.3) is 5.91 Å². The minimum absolute atomic E-state index is 0.107. The van der Waals surface area contributed by atoms with Crippen molar-refractivity contribution in [2.75, 3.05) is 7.05 Å². The summed E-state index contributed by atoms with van der Waals surface area (Å²) in [6.07, 6.45) is 0. The van der Waals surface area contributed by atoms with E-state index < -0.39 is 5.91 Å². The van der Waals surface area contributed by atoms with Gasteiger partial charge in [0.05, 0.1) is 15.6 Å². The van der Waals surface area contributed by atoms with Gasteiger partial charge in [0, 0.05) is 7.05 Å². The third-order valence-corrected chi connectivity index (χ3v) is 2.10. The molecule has 0 bridgehead atoms. The van der Waals surface area contributed by atoms with Crippen molar-refractivity contribution in [3.63, 3.8) is 0 Å². The van der Waals surface area contributed by atoms with Crippen LogP contribution in [0.2, 0.25) is 10.0 Å². The van der Waals surface area contributed by atoms with Crippen LogP contribution in [-0.2, 0) is 0 Å². The number of nitrogens with zero attached hydrogens (tertiary/aromatic N) is 1. The number of benzene rings is 1. The molecule has 0 aliphatic heterocycles. The summed E-state index contributed by atoms with van der Waals surface area (Å²) in [6.45, 7) is 0. The summed E-state index contributed by atoms with van der Waals surface area (Å²) in [7, 11) is 1.21. The molecule has 0 atom stereocenters. The number of carbonyl (C=O) groups is 1. The van der Waals surface area contributed by atoms with Crippen molar-refractivity contribution in [3.8, 4) is 0 Å². The number of rotatable bonds is 1. The van der Waals surface area contributed by atoms with E-state index in [-0.39, 0.29) is 15.6 Å². The zero-order chi connectivity index (χ0) is 10.0. The van der Waals surface area contributed by atoms with Crippen LogP contribution in [0.15, 0.2) is 18.2 Å². The van der Waals surface area contributed by atoms with E-state index >= 15 is 0 Å². The Balaban J connectivity index is 3.20. The Kier molecular flexibility index (Phi) is 3.14. The molecule has 3 nitrogen and oxygen atoms in total. The van der Waals surface area contributed by atoms with Crippen molar-refractivity contribution in [1.82, 2.24) is 5.06 Å². The zero-order valence-corrected chi connectivity index (χ0v) is 8.30. The number of hydrogen-bond donors (Lipinski definition) is 1. The molecular formula is C8H7Cl2NO2. The summed E-state index contributed by atoms with van der Waals surface area (Å²) >= 11 is 11.5. The first-order chi connectivity index (χ1) is 6.04. The Hall–Kier alpha value is -0.770. The molecule has 0 fully saturated rings. The normalized spacial score (nSPS) is 9.85. The summed E-state index contributed by atoms with van der Waals surface area (Å²) in [5, 5.41) is 9.77. The topological polar surface area (TPSA) is 40.5 Å². The van der Waals surface area contributed by atoms with E-state index in [9.17, 15) is 4.79 Å². The Labute approximate surface area is 85.4 Å². The fraction of sp³-hybridized carbons (Fsp3) is 0.125. The first-order valence-electron chi connectivity index (χ1n) is 3.45. The van der Waals surface area contributed by atoms with Gasteiger partial charge in [-0.15, -0.1) is 0 Å². The van der Waals surface area contributed by atoms with Crippen LogP contribution in [0.25, 0.3) is 0 Å². The zero-order valence-electron chi connectivity index (χ0n) is 6.79. The molecule has 0 aliphatic rings. The molecule has 5 heteroatoms. The summed E-state index contributed by atoms with van der Waals surface area (Å²) in [5.41, 5.74) is 0.107. The smallest absolute Gasteiger partial charge is 0.279 e. The summed E-state index contributed by atoms with van der Waals surface area (Å²) in [6, 6.07) is 4.69. The van der Waals surface area contributed by atoms with E-state index in [2.05, 4.69) is 0 Å². The van der Waals surface area contributed by atoms with Crippen molar-refractivity contribution in [3.05, 3.63) is 33.8 Å². The summed E-state index contributed by atoms with van der Waals surface area (Å²) in [4.78, 5) is 11.3. The van der Waals surface area contributed by atoms with Crippen molar-refractivity contribution in [1.29, 1.82) is 0 Å². The maximum atomic E-state index is 11.3. The third kappa shape index (κ3) is 2.12. The Morgan fingerprint density at radius 1 is 1.38 bits per heavy atom. The second kappa shape index (κ2) is 3.96. The molecular weight excluding hydrogens is 213 g/mol. The maximum Gasteiger partial charge on any atom is 0.279 e. The van der Waals surface area contributed by atoms with Crippen LogP contribution in [0, 0.1) is 0 Å². The third-order valence-electron chi connectivity index (χ3n) is 1.47. The van der Waals surface area contributed by atoms with Gasteiger partial charge < -0.3 is 0 Å². The SMILES string of the molecule is CN(O)C(=O)c1c(Cl)cccc1Cl. The molecule has 0 heterocycles. The Morgan fingerprint density at radius 2 is 1.85 bits per heavy atom. The fourth-order valence-electron chi connectivity index (χ4n) is 0.864. The highest BCUT2D eigenvalue weighted by molar-refractivity contribution is 6.39. The summed E-state index contributed by atoms with van der Waals surface area (Å²) < 4.78 is 0. The molecule has 1 aromatic rings. The van der Waals surface area contributed by atoms with Gasteiger partial charge in [-0.1, -0.05) is 29.3 Å². The highest BCUT2D eigenvalue weighted by Gasteiger charge is 2.16. The number of carbonyl (C=O) groups excluding carboxylic acids is 1. The van der Waals surface area contributed by atoms with Crippen LogP contribution in [0.4, 0.5) is 0 Å². The average molecular weight is 220 g/mol. The largest absolute Gasteiger partial charge is 0.286 e. The van der Waals surface area contributed by atoms with Gasteiger partial charge in [0.15, 0.2) is 0 Å². The molecule has 1 aromatic carbocycles. The second-order valence-electron chi connectivity index (χ2n) is 2.43. The molecule has 13 heavy (non-hydrogen) atoms. The fourth-order valence-corrected chi connectivity index (χ4v) is 1.42. The van der Waals surface area contributed by atoms with Gasteiger partial charge in [-0.25, -0.2) is 5.06 Å². The number of hydroxylamine groups is 2. The van der Waals surface area contributed by atoms with Crippen LogP contribution in [-0.4, -0.2) is 23.2 Å². The molecule has 0 spiro atoms. The monoisotopic (exact) mass is 219 g/mol. The van der Waals surface area contributed by atoms with E-state index in [4.69, 9.17) is 28.4 Å². The molecule has 0 aromatic heterocycles. The van der Waals surface area contributed by atoms with Crippen LogP contribution >= 0.6 is 23.2 Å². The molecule has 70 valence electrons. The predicted molar refractivity (Wildman–Crippen MR) is 50.3 cm³/mol. The van der Waals surface area contributed by atoms with E-state index in [0.717, 1.165) is 0 Å². The lowest BCUT2D eigenvalue weighted by atomic mass is 10.2. The molecule has 1 amide bonds. The lowest BCUT2D eigenvalue weighted by Gasteiger charge is -2.10. The van der Waals surface area contributed by atoms with E-state index in [1.165, 1.54) is 19.2 Å². The Morgan fingerprint density at radius 3 is 2.23 bits per heavy atom. The number of amides is 1. The van der Waals surface area contributed by atoms with Gasteiger partial charge in [-0.2, -0.15) is 0 Å². The van der Waals surface area contributed by atoms with Crippen molar-refractivity contribution in [2.45, 2.75) is 0 Å². The lowest BCUT2D eigenvalue weighted by molar-refractivity contribution is -0.0374. The summed E-state index contributed by atoms with van der Waals surface area (Å²) in [5.74, 6) is -0.629. The van der Waals surface area contributed by atoms with E-state index in [1.807, 2.05) is 0 Å². The average Bonchev–Trinajstić information content (AvgIpc) is 2.03. The van der Waals surface area contributed by atoms with Gasteiger partial charge >= 0.3 is 0 Å². The van der Waals surface area contributed by atoms with Crippen LogP contribution in [0.3, 0.4) is 0 Å². The minimum atomic E-state index is -0.629. The number of hydrogen-bond acceptors (Lipinski definition) is 2. The first kappa shape index (κ1) is 10.3. The van der Waals surface area contributed by atoms with Crippen LogP contribution < -0.4 is 0 Å². The molecule has 0 saturated heterocycles. The van der Waals surface area contributed by atoms with E-state index in [0.29, 0.717) is 5.06 Å². The first-order valence-corrected chi connectivity index (χ1v) is 4.20. The number of halogens is 2. The quantitative estimate of drug-likeness (QED) is 0.583. The molecule has 1 rings (SSSR count). The van der Waals surface area contributed by atoms with Crippen molar-refractivity contribution < 1.29 is 10.0 Å². The van der Waals surface area contributed by atoms with E-state index in [1.54, 1.807) is 6.07 Å². The maximum absolute atomic E-state index is 11.3.